The molecule has 2 nitrogen and oxygen atoms in total. The summed E-state index contributed by atoms with van der Waals surface area (Å²) < 4.78 is 37.0. The van der Waals surface area contributed by atoms with Crippen LogP contribution in [0.2, 0.25) is 0 Å². The van der Waals surface area contributed by atoms with Gasteiger partial charge in [-0.25, -0.2) is 0 Å². The van der Waals surface area contributed by atoms with Crippen molar-refractivity contribution in [1.29, 1.82) is 0 Å². The summed E-state index contributed by atoms with van der Waals surface area (Å²) in [7, 11) is 0. The number of hydrogen-bond donors (Lipinski definition) is 1. The van der Waals surface area contributed by atoms with E-state index >= 15 is 0 Å². The van der Waals surface area contributed by atoms with Gasteiger partial charge in [0.15, 0.2) is 0 Å². The zero-order valence-corrected chi connectivity index (χ0v) is 9.28. The van der Waals surface area contributed by atoms with Crippen LogP contribution in [0.5, 0.6) is 0 Å². The minimum Gasteiger partial charge on any atom is -0.392 e. The van der Waals surface area contributed by atoms with Crippen molar-refractivity contribution >= 4 is 0 Å². The predicted octanol–water partition coefficient (Wildman–Crippen LogP) is 3.26. The van der Waals surface area contributed by atoms with Crippen LogP contribution in [0.15, 0.2) is 42.6 Å². The van der Waals surface area contributed by atoms with Gasteiger partial charge in [-0.2, -0.15) is 13.2 Å². The van der Waals surface area contributed by atoms with Crippen LogP contribution in [0, 0.1) is 0 Å². The monoisotopic (exact) mass is 253 g/mol. The SMILES string of the molecule is OCc1cccc(-c2ccc(C(F)(F)F)nc2)c1. The highest BCUT2D eigenvalue weighted by atomic mass is 19.4. The third-order valence-corrected chi connectivity index (χ3v) is 2.50. The number of nitrogens with zero attached hydrogens (tertiary/aromatic N) is 1. The van der Waals surface area contributed by atoms with Crippen LogP contribution in [0.4, 0.5) is 13.2 Å². The minimum absolute atomic E-state index is 0.109. The Morgan fingerprint density at radius 1 is 1.06 bits per heavy atom. The van der Waals surface area contributed by atoms with Gasteiger partial charge in [0.05, 0.1) is 6.61 Å². The summed E-state index contributed by atoms with van der Waals surface area (Å²) in [6, 6.07) is 9.25. The Morgan fingerprint density at radius 2 is 1.83 bits per heavy atom. The second-order valence-corrected chi connectivity index (χ2v) is 3.79. The smallest absolute Gasteiger partial charge is 0.392 e. The molecule has 1 aromatic carbocycles. The van der Waals surface area contributed by atoms with Gasteiger partial charge in [0.2, 0.25) is 0 Å². The van der Waals surface area contributed by atoms with E-state index in [0.29, 0.717) is 11.1 Å². The fraction of sp³-hybridized carbons (Fsp3) is 0.154. The molecule has 0 aliphatic carbocycles. The molecule has 0 bridgehead atoms. The van der Waals surface area contributed by atoms with Crippen molar-refractivity contribution in [2.45, 2.75) is 12.8 Å². The second kappa shape index (κ2) is 4.78. The Bertz CT molecular complexity index is 535. The second-order valence-electron chi connectivity index (χ2n) is 3.79. The molecular formula is C13H10F3NO. The zero-order chi connectivity index (χ0) is 13.2. The predicted molar refractivity (Wildman–Crippen MR) is 60.6 cm³/mol. The summed E-state index contributed by atoms with van der Waals surface area (Å²) in [4.78, 5) is 3.39. The van der Waals surface area contributed by atoms with E-state index in [1.165, 1.54) is 12.3 Å². The molecule has 1 heterocycles. The van der Waals surface area contributed by atoms with Crippen LogP contribution >= 0.6 is 0 Å². The summed E-state index contributed by atoms with van der Waals surface area (Å²) in [6.07, 6.45) is -3.25. The molecule has 1 N–H and O–H groups in total. The van der Waals surface area contributed by atoms with Crippen LogP contribution in [0.1, 0.15) is 11.3 Å². The molecule has 1 aromatic heterocycles. The third-order valence-electron chi connectivity index (χ3n) is 2.50. The van der Waals surface area contributed by atoms with Gasteiger partial charge in [0.25, 0.3) is 0 Å². The minimum atomic E-state index is -4.43. The first kappa shape index (κ1) is 12.6. The fourth-order valence-electron chi connectivity index (χ4n) is 1.58. The molecular weight excluding hydrogens is 243 g/mol. The summed E-state index contributed by atoms with van der Waals surface area (Å²) in [5.41, 5.74) is 1.10. The van der Waals surface area contributed by atoms with E-state index in [1.807, 2.05) is 0 Å². The summed E-state index contributed by atoms with van der Waals surface area (Å²) >= 11 is 0. The van der Waals surface area contributed by atoms with Gasteiger partial charge in [-0.1, -0.05) is 24.3 Å². The summed E-state index contributed by atoms with van der Waals surface area (Å²) in [5, 5.41) is 9.00. The number of aromatic nitrogens is 1. The molecule has 0 saturated heterocycles. The first-order valence-corrected chi connectivity index (χ1v) is 5.24. The largest absolute Gasteiger partial charge is 0.433 e. The van der Waals surface area contributed by atoms with Gasteiger partial charge in [0.1, 0.15) is 5.69 Å². The molecule has 0 amide bonds. The summed E-state index contributed by atoms with van der Waals surface area (Å²) in [6.45, 7) is -0.109. The van der Waals surface area contributed by atoms with E-state index in [-0.39, 0.29) is 6.61 Å². The normalized spacial score (nSPS) is 11.6. The molecule has 0 aliphatic rings. The Hall–Kier alpha value is -1.88. The summed E-state index contributed by atoms with van der Waals surface area (Å²) in [5.74, 6) is 0. The standard InChI is InChI=1S/C13H10F3NO/c14-13(15,16)12-5-4-11(7-17-12)10-3-1-2-9(6-10)8-18/h1-7,18H,8H2. The van der Waals surface area contributed by atoms with Gasteiger partial charge in [0, 0.05) is 11.8 Å². The highest BCUT2D eigenvalue weighted by Crippen LogP contribution is 2.29. The number of benzene rings is 1. The molecule has 2 rings (SSSR count). The van der Waals surface area contributed by atoms with Crippen molar-refractivity contribution in [3.05, 3.63) is 53.9 Å². The lowest BCUT2D eigenvalue weighted by Gasteiger charge is -2.07. The lowest BCUT2D eigenvalue weighted by atomic mass is 10.0. The Balaban J connectivity index is 2.34. The molecule has 0 saturated carbocycles. The molecule has 0 fully saturated rings. The number of rotatable bonds is 2. The highest BCUT2D eigenvalue weighted by Gasteiger charge is 2.31. The molecule has 0 atom stereocenters. The molecule has 94 valence electrons. The number of alkyl halides is 3. The topological polar surface area (TPSA) is 33.1 Å². The maximum Gasteiger partial charge on any atom is 0.433 e. The van der Waals surface area contributed by atoms with E-state index in [9.17, 15) is 13.2 Å². The first-order valence-electron chi connectivity index (χ1n) is 5.24. The number of aliphatic hydroxyl groups is 1. The van der Waals surface area contributed by atoms with Crippen molar-refractivity contribution in [3.63, 3.8) is 0 Å². The van der Waals surface area contributed by atoms with Crippen molar-refractivity contribution < 1.29 is 18.3 Å². The van der Waals surface area contributed by atoms with Crippen molar-refractivity contribution in [1.82, 2.24) is 4.98 Å². The maximum atomic E-state index is 12.3. The van der Waals surface area contributed by atoms with Crippen molar-refractivity contribution in [2.75, 3.05) is 0 Å². The number of pyridine rings is 1. The lowest BCUT2D eigenvalue weighted by Crippen LogP contribution is -2.07. The number of halogens is 3. The fourth-order valence-corrected chi connectivity index (χ4v) is 1.58. The van der Waals surface area contributed by atoms with Gasteiger partial charge >= 0.3 is 6.18 Å². The van der Waals surface area contributed by atoms with Gasteiger partial charge in [-0.05, 0) is 23.3 Å². The Labute approximate surface area is 102 Å². The number of hydrogen-bond acceptors (Lipinski definition) is 2. The van der Waals surface area contributed by atoms with Crippen molar-refractivity contribution in [3.8, 4) is 11.1 Å². The van der Waals surface area contributed by atoms with E-state index in [4.69, 9.17) is 5.11 Å². The van der Waals surface area contributed by atoms with Crippen LogP contribution in [0.3, 0.4) is 0 Å². The number of aliphatic hydroxyl groups excluding tert-OH is 1. The molecule has 0 unspecified atom stereocenters. The molecule has 0 radical (unpaired) electrons. The average molecular weight is 253 g/mol. The highest BCUT2D eigenvalue weighted by molar-refractivity contribution is 5.63. The van der Waals surface area contributed by atoms with Crippen LogP contribution in [-0.2, 0) is 12.8 Å². The molecule has 18 heavy (non-hydrogen) atoms. The van der Waals surface area contributed by atoms with E-state index < -0.39 is 11.9 Å². The van der Waals surface area contributed by atoms with Crippen LogP contribution in [-0.4, -0.2) is 10.1 Å². The van der Waals surface area contributed by atoms with Crippen LogP contribution in [0.25, 0.3) is 11.1 Å². The lowest BCUT2D eigenvalue weighted by molar-refractivity contribution is -0.141. The molecule has 2 aromatic rings. The van der Waals surface area contributed by atoms with Gasteiger partial charge in [-0.15, -0.1) is 0 Å². The Kier molecular flexibility index (Phi) is 3.34. The molecule has 5 heteroatoms. The quantitative estimate of drug-likeness (QED) is 0.891. The molecule has 0 spiro atoms. The van der Waals surface area contributed by atoms with E-state index in [2.05, 4.69) is 4.98 Å². The Morgan fingerprint density at radius 3 is 2.39 bits per heavy atom. The third kappa shape index (κ3) is 2.68. The van der Waals surface area contributed by atoms with Crippen molar-refractivity contribution in [2.24, 2.45) is 0 Å². The maximum absolute atomic E-state index is 12.3. The van der Waals surface area contributed by atoms with Gasteiger partial charge < -0.3 is 5.11 Å². The zero-order valence-electron chi connectivity index (χ0n) is 9.28. The van der Waals surface area contributed by atoms with E-state index in [1.54, 1.807) is 24.3 Å². The van der Waals surface area contributed by atoms with Crippen LogP contribution < -0.4 is 0 Å². The van der Waals surface area contributed by atoms with E-state index in [0.717, 1.165) is 11.6 Å². The molecule has 0 aliphatic heterocycles. The average Bonchev–Trinajstić information content (AvgIpc) is 2.38. The first-order chi connectivity index (χ1) is 8.50. The van der Waals surface area contributed by atoms with Gasteiger partial charge in [-0.3, -0.25) is 4.98 Å².